The Morgan fingerprint density at radius 2 is 2.17 bits per heavy atom. The fraction of sp³-hybridized carbons (Fsp3) is 0.0769. The minimum Gasteiger partial charge on any atom is -0.365 e. The number of nitrogens with two attached hydrogens (primary N) is 1. The second kappa shape index (κ2) is 5.06. The van der Waals surface area contributed by atoms with E-state index in [9.17, 15) is 4.79 Å². The normalized spacial score (nSPS) is 10.1. The third kappa shape index (κ3) is 2.78. The standard InChI is InChI=1S/C13H12ClN3O/c1-8-3-2-4-9(5-8)17-11-6-12(14)16-7-10(11)13(15)18/h2-7H,1H3,(H2,15,18)(H,16,17). The zero-order valence-electron chi connectivity index (χ0n) is 9.77. The number of aromatic nitrogens is 1. The number of amides is 1. The molecule has 2 rings (SSSR count). The van der Waals surface area contributed by atoms with Crippen LogP contribution >= 0.6 is 11.6 Å². The molecule has 0 spiro atoms. The van der Waals surface area contributed by atoms with E-state index in [1.165, 1.54) is 6.20 Å². The average Bonchev–Trinajstić information content (AvgIpc) is 2.28. The minimum atomic E-state index is -0.547. The third-order valence-electron chi connectivity index (χ3n) is 2.43. The molecule has 0 radical (unpaired) electrons. The van der Waals surface area contributed by atoms with E-state index in [-0.39, 0.29) is 0 Å². The lowest BCUT2D eigenvalue weighted by Crippen LogP contribution is -2.13. The highest BCUT2D eigenvalue weighted by molar-refractivity contribution is 6.29. The van der Waals surface area contributed by atoms with Crippen LogP contribution in [0.25, 0.3) is 0 Å². The summed E-state index contributed by atoms with van der Waals surface area (Å²) in [6.07, 6.45) is 1.36. The molecule has 18 heavy (non-hydrogen) atoms. The molecule has 0 bridgehead atoms. The number of pyridine rings is 1. The SMILES string of the molecule is Cc1cccc(Nc2cc(Cl)ncc2C(N)=O)c1. The molecule has 1 aromatic heterocycles. The predicted molar refractivity (Wildman–Crippen MR) is 72.2 cm³/mol. The van der Waals surface area contributed by atoms with Crippen molar-refractivity contribution in [2.75, 3.05) is 5.32 Å². The number of carbonyl (C=O) groups is 1. The van der Waals surface area contributed by atoms with Crippen molar-refractivity contribution in [3.63, 3.8) is 0 Å². The Labute approximate surface area is 110 Å². The van der Waals surface area contributed by atoms with Gasteiger partial charge in [0, 0.05) is 11.9 Å². The number of primary amides is 1. The minimum absolute atomic E-state index is 0.301. The lowest BCUT2D eigenvalue weighted by molar-refractivity contribution is 0.100. The van der Waals surface area contributed by atoms with Gasteiger partial charge in [0.1, 0.15) is 5.15 Å². The van der Waals surface area contributed by atoms with Gasteiger partial charge in [-0.05, 0) is 30.7 Å². The molecule has 0 saturated carbocycles. The van der Waals surface area contributed by atoms with Crippen LogP contribution in [0.5, 0.6) is 0 Å². The molecule has 0 unspecified atom stereocenters. The van der Waals surface area contributed by atoms with Gasteiger partial charge < -0.3 is 11.1 Å². The number of nitrogens with one attached hydrogen (secondary N) is 1. The second-order valence-electron chi connectivity index (χ2n) is 3.91. The number of anilines is 2. The molecule has 4 nitrogen and oxygen atoms in total. The quantitative estimate of drug-likeness (QED) is 0.835. The molecule has 1 heterocycles. The summed E-state index contributed by atoms with van der Waals surface area (Å²) in [5.74, 6) is -0.547. The summed E-state index contributed by atoms with van der Waals surface area (Å²) in [6, 6.07) is 9.33. The third-order valence-corrected chi connectivity index (χ3v) is 2.64. The van der Waals surface area contributed by atoms with Gasteiger partial charge in [0.2, 0.25) is 0 Å². The first-order valence-electron chi connectivity index (χ1n) is 5.35. The molecule has 0 aliphatic carbocycles. The summed E-state index contributed by atoms with van der Waals surface area (Å²) in [6.45, 7) is 1.99. The van der Waals surface area contributed by atoms with Crippen molar-refractivity contribution < 1.29 is 4.79 Å². The molecule has 3 N–H and O–H groups in total. The smallest absolute Gasteiger partial charge is 0.252 e. The largest absolute Gasteiger partial charge is 0.365 e. The maximum atomic E-state index is 11.3. The topological polar surface area (TPSA) is 68.0 Å². The second-order valence-corrected chi connectivity index (χ2v) is 4.30. The first kappa shape index (κ1) is 12.4. The van der Waals surface area contributed by atoms with E-state index in [1.54, 1.807) is 6.07 Å². The van der Waals surface area contributed by atoms with Crippen LogP contribution in [-0.2, 0) is 0 Å². The van der Waals surface area contributed by atoms with Gasteiger partial charge in [-0.1, -0.05) is 23.7 Å². The van der Waals surface area contributed by atoms with Crippen molar-refractivity contribution in [3.8, 4) is 0 Å². The Hall–Kier alpha value is -2.07. The maximum absolute atomic E-state index is 11.3. The van der Waals surface area contributed by atoms with Crippen LogP contribution in [0.2, 0.25) is 5.15 Å². The van der Waals surface area contributed by atoms with Gasteiger partial charge in [0.05, 0.1) is 11.3 Å². The predicted octanol–water partition coefficient (Wildman–Crippen LogP) is 2.89. The monoisotopic (exact) mass is 261 g/mol. The van der Waals surface area contributed by atoms with Crippen molar-refractivity contribution in [2.45, 2.75) is 6.92 Å². The van der Waals surface area contributed by atoms with Crippen molar-refractivity contribution in [1.29, 1.82) is 0 Å². The van der Waals surface area contributed by atoms with Gasteiger partial charge >= 0.3 is 0 Å². The van der Waals surface area contributed by atoms with Gasteiger partial charge in [0.25, 0.3) is 5.91 Å². The van der Waals surface area contributed by atoms with Crippen molar-refractivity contribution in [2.24, 2.45) is 5.73 Å². The zero-order chi connectivity index (χ0) is 13.1. The molecule has 0 aliphatic rings. The van der Waals surface area contributed by atoms with E-state index in [4.69, 9.17) is 17.3 Å². The van der Waals surface area contributed by atoms with E-state index >= 15 is 0 Å². The first-order chi connectivity index (χ1) is 8.56. The van der Waals surface area contributed by atoms with Crippen molar-refractivity contribution in [3.05, 3.63) is 52.8 Å². The number of hydrogen-bond donors (Lipinski definition) is 2. The van der Waals surface area contributed by atoms with Gasteiger partial charge in [0.15, 0.2) is 0 Å². The number of nitrogens with zero attached hydrogens (tertiary/aromatic N) is 1. The van der Waals surface area contributed by atoms with Crippen LogP contribution in [0.4, 0.5) is 11.4 Å². The van der Waals surface area contributed by atoms with E-state index in [1.807, 2.05) is 31.2 Å². The number of hydrogen-bond acceptors (Lipinski definition) is 3. The molecule has 92 valence electrons. The van der Waals surface area contributed by atoms with Gasteiger partial charge in [-0.15, -0.1) is 0 Å². The lowest BCUT2D eigenvalue weighted by atomic mass is 10.2. The molecule has 0 fully saturated rings. The van der Waals surface area contributed by atoms with E-state index < -0.39 is 5.91 Å². The van der Waals surface area contributed by atoms with E-state index in [2.05, 4.69) is 10.3 Å². The average molecular weight is 262 g/mol. The number of rotatable bonds is 3. The highest BCUT2D eigenvalue weighted by Crippen LogP contribution is 2.23. The molecule has 0 aliphatic heterocycles. The summed E-state index contributed by atoms with van der Waals surface area (Å²) in [5, 5.41) is 3.41. The Kier molecular flexibility index (Phi) is 3.48. The molecule has 5 heteroatoms. The van der Waals surface area contributed by atoms with Crippen LogP contribution in [0.3, 0.4) is 0 Å². The zero-order valence-corrected chi connectivity index (χ0v) is 10.5. The molecule has 0 saturated heterocycles. The fourth-order valence-electron chi connectivity index (χ4n) is 1.61. The van der Waals surface area contributed by atoms with Gasteiger partial charge in [-0.2, -0.15) is 0 Å². The number of aryl methyl sites for hydroxylation is 1. The molecule has 2 aromatic rings. The number of benzene rings is 1. The molecular weight excluding hydrogens is 250 g/mol. The van der Waals surface area contributed by atoms with Crippen LogP contribution in [-0.4, -0.2) is 10.9 Å². The van der Waals surface area contributed by atoms with Crippen LogP contribution in [0.1, 0.15) is 15.9 Å². The Balaban J connectivity index is 2.39. The van der Waals surface area contributed by atoms with Crippen LogP contribution < -0.4 is 11.1 Å². The highest BCUT2D eigenvalue weighted by atomic mass is 35.5. The van der Waals surface area contributed by atoms with Crippen molar-refractivity contribution in [1.82, 2.24) is 4.98 Å². The highest BCUT2D eigenvalue weighted by Gasteiger charge is 2.09. The summed E-state index contributed by atoms with van der Waals surface area (Å²) in [7, 11) is 0. The number of halogens is 1. The maximum Gasteiger partial charge on any atom is 0.252 e. The summed E-state index contributed by atoms with van der Waals surface area (Å²) >= 11 is 5.82. The Bertz CT molecular complexity index is 599. The van der Waals surface area contributed by atoms with Gasteiger partial charge in [-0.25, -0.2) is 4.98 Å². The summed E-state index contributed by atoms with van der Waals surface area (Å²) in [5.41, 5.74) is 8.11. The summed E-state index contributed by atoms with van der Waals surface area (Å²) in [4.78, 5) is 15.1. The Morgan fingerprint density at radius 1 is 1.39 bits per heavy atom. The van der Waals surface area contributed by atoms with Gasteiger partial charge in [-0.3, -0.25) is 4.79 Å². The Morgan fingerprint density at radius 3 is 2.83 bits per heavy atom. The fourth-order valence-corrected chi connectivity index (χ4v) is 1.77. The first-order valence-corrected chi connectivity index (χ1v) is 5.73. The molecule has 0 atom stereocenters. The van der Waals surface area contributed by atoms with E-state index in [0.717, 1.165) is 11.3 Å². The van der Waals surface area contributed by atoms with Crippen LogP contribution in [0.15, 0.2) is 36.5 Å². The van der Waals surface area contributed by atoms with E-state index in [0.29, 0.717) is 16.4 Å². The summed E-state index contributed by atoms with van der Waals surface area (Å²) < 4.78 is 0. The van der Waals surface area contributed by atoms with Crippen LogP contribution in [0, 0.1) is 6.92 Å². The molecular formula is C13H12ClN3O. The number of carbonyl (C=O) groups excluding carboxylic acids is 1. The lowest BCUT2D eigenvalue weighted by Gasteiger charge is -2.10. The molecule has 1 amide bonds. The van der Waals surface area contributed by atoms with Crippen molar-refractivity contribution >= 4 is 28.9 Å². The molecule has 1 aromatic carbocycles.